The van der Waals surface area contributed by atoms with Gasteiger partial charge in [-0.2, -0.15) is 0 Å². The smallest absolute Gasteiger partial charge is 0.267 e. The normalized spacial score (nSPS) is 11.7. The molecule has 2 aromatic carbocycles. The summed E-state index contributed by atoms with van der Waals surface area (Å²) in [6.07, 6.45) is 1.54. The van der Waals surface area contributed by atoms with Crippen molar-refractivity contribution in [3.63, 3.8) is 0 Å². The van der Waals surface area contributed by atoms with Crippen molar-refractivity contribution in [2.75, 3.05) is 13.6 Å². The van der Waals surface area contributed by atoms with Crippen LogP contribution in [-0.2, 0) is 25.1 Å². The fraction of sp³-hybridized carbons (Fsp3) is 0.370. The number of rotatable bonds is 11. The minimum atomic E-state index is -1.27. The lowest BCUT2D eigenvalue weighted by Crippen LogP contribution is -2.25. The Kier molecular flexibility index (Phi) is 7.80. The highest BCUT2D eigenvalue weighted by molar-refractivity contribution is 5.92. The summed E-state index contributed by atoms with van der Waals surface area (Å²) in [6, 6.07) is 16.3. The van der Waals surface area contributed by atoms with Crippen molar-refractivity contribution in [2.24, 2.45) is 5.73 Å². The predicted octanol–water partition coefficient (Wildman–Crippen LogP) is 2.75. The number of tetrazole rings is 1. The molecular formula is C27H34N8O2. The molecule has 0 fully saturated rings. The first kappa shape index (κ1) is 26.2. The number of hydrogen-bond donors (Lipinski definition) is 3. The van der Waals surface area contributed by atoms with Crippen LogP contribution in [0.1, 0.15) is 54.8 Å². The van der Waals surface area contributed by atoms with Crippen molar-refractivity contribution in [3.8, 4) is 22.5 Å². The van der Waals surface area contributed by atoms with Crippen LogP contribution < -0.4 is 11.1 Å². The van der Waals surface area contributed by atoms with E-state index >= 15 is 0 Å². The maximum atomic E-state index is 12.4. The lowest BCUT2D eigenvalue weighted by molar-refractivity contribution is 0.0711. The summed E-state index contributed by atoms with van der Waals surface area (Å²) in [5, 5.41) is 25.7. The summed E-state index contributed by atoms with van der Waals surface area (Å²) < 4.78 is 3.62. The molecule has 0 unspecified atom stereocenters. The highest BCUT2D eigenvalue weighted by Gasteiger charge is 2.30. The Labute approximate surface area is 216 Å². The summed E-state index contributed by atoms with van der Waals surface area (Å²) in [5.74, 6) is 0.877. The maximum absolute atomic E-state index is 12.4. The van der Waals surface area contributed by atoms with Crippen molar-refractivity contribution in [3.05, 3.63) is 71.3 Å². The van der Waals surface area contributed by atoms with Gasteiger partial charge >= 0.3 is 0 Å². The molecule has 0 radical (unpaired) electrons. The van der Waals surface area contributed by atoms with E-state index in [1.54, 1.807) is 18.5 Å². The van der Waals surface area contributed by atoms with Gasteiger partial charge in [-0.15, -0.1) is 5.10 Å². The maximum Gasteiger partial charge on any atom is 0.267 e. The number of carbonyl (C=O) groups is 1. The van der Waals surface area contributed by atoms with Gasteiger partial charge < -0.3 is 20.7 Å². The van der Waals surface area contributed by atoms with Gasteiger partial charge in [0.1, 0.15) is 22.8 Å². The monoisotopic (exact) mass is 502 g/mol. The number of nitrogens with one attached hydrogen (secondary N) is 1. The van der Waals surface area contributed by atoms with Crippen LogP contribution in [0.5, 0.6) is 0 Å². The Bertz CT molecular complexity index is 1350. The van der Waals surface area contributed by atoms with E-state index in [9.17, 15) is 9.90 Å². The molecule has 0 aliphatic carbocycles. The standard InChI is InChI=1S/C27H34N8O2/c1-5-6-22-30-24(27(2,3)37)23(25(28)36)34(22)17-18-7-9-19(10-8-18)20-11-13-21(14-12-20)26-31-32-33-35(26)16-15-29-4/h7-14,29,37H,5-6,15-17H2,1-4H3,(H2,28,36). The number of likely N-dealkylation sites (N-methyl/N-ethyl adjacent to an activating group) is 1. The summed E-state index contributed by atoms with van der Waals surface area (Å²) in [7, 11) is 1.90. The molecule has 0 spiro atoms. The minimum Gasteiger partial charge on any atom is -0.384 e. The number of nitrogens with two attached hydrogens (primary N) is 1. The van der Waals surface area contributed by atoms with Crippen molar-refractivity contribution in [1.82, 2.24) is 35.1 Å². The molecular weight excluding hydrogens is 468 g/mol. The third kappa shape index (κ3) is 5.76. The summed E-state index contributed by atoms with van der Waals surface area (Å²) in [5.41, 5.74) is 9.12. The molecule has 0 atom stereocenters. The van der Waals surface area contributed by atoms with Gasteiger partial charge in [-0.05, 0) is 54.4 Å². The topological polar surface area (TPSA) is 137 Å². The van der Waals surface area contributed by atoms with Gasteiger partial charge in [-0.25, -0.2) is 9.67 Å². The molecule has 1 amide bonds. The van der Waals surface area contributed by atoms with E-state index in [1.165, 1.54) is 0 Å². The summed E-state index contributed by atoms with van der Waals surface area (Å²) in [6.45, 7) is 7.19. The Morgan fingerprint density at radius 1 is 1.05 bits per heavy atom. The van der Waals surface area contributed by atoms with Crippen molar-refractivity contribution in [1.29, 1.82) is 0 Å². The van der Waals surface area contributed by atoms with E-state index < -0.39 is 11.5 Å². The van der Waals surface area contributed by atoms with Gasteiger partial charge in [0.2, 0.25) is 0 Å². The van der Waals surface area contributed by atoms with Crippen LogP contribution in [0, 0.1) is 0 Å². The third-order valence-electron chi connectivity index (χ3n) is 6.21. The van der Waals surface area contributed by atoms with Crippen molar-refractivity contribution in [2.45, 2.75) is 52.3 Å². The average molecular weight is 503 g/mol. The van der Waals surface area contributed by atoms with Crippen LogP contribution in [0.3, 0.4) is 0 Å². The van der Waals surface area contributed by atoms with Crippen LogP contribution >= 0.6 is 0 Å². The molecule has 0 aliphatic rings. The summed E-state index contributed by atoms with van der Waals surface area (Å²) >= 11 is 0. The van der Waals surface area contributed by atoms with E-state index in [0.29, 0.717) is 25.2 Å². The first-order chi connectivity index (χ1) is 17.7. The number of aromatic nitrogens is 6. The zero-order valence-corrected chi connectivity index (χ0v) is 21.8. The molecule has 0 aliphatic heterocycles. The molecule has 0 saturated heterocycles. The van der Waals surface area contributed by atoms with Crippen LogP contribution in [0.15, 0.2) is 48.5 Å². The molecule has 10 heteroatoms. The lowest BCUT2D eigenvalue weighted by Gasteiger charge is -2.16. The number of benzene rings is 2. The Hall–Kier alpha value is -3.89. The second-order valence-corrected chi connectivity index (χ2v) is 9.59. The molecule has 4 N–H and O–H groups in total. The number of imidazole rings is 1. The molecule has 10 nitrogen and oxygen atoms in total. The fourth-order valence-corrected chi connectivity index (χ4v) is 4.34. The van der Waals surface area contributed by atoms with Crippen molar-refractivity contribution < 1.29 is 9.90 Å². The minimum absolute atomic E-state index is 0.257. The van der Waals surface area contributed by atoms with Gasteiger partial charge in [0.25, 0.3) is 5.91 Å². The second kappa shape index (κ2) is 11.0. The van der Waals surface area contributed by atoms with Crippen LogP contribution in [0.4, 0.5) is 0 Å². The largest absolute Gasteiger partial charge is 0.384 e. The highest BCUT2D eigenvalue weighted by atomic mass is 16.3. The van der Waals surface area contributed by atoms with Crippen LogP contribution in [0.2, 0.25) is 0 Å². The molecule has 0 bridgehead atoms. The first-order valence-electron chi connectivity index (χ1n) is 12.5. The van der Waals surface area contributed by atoms with Gasteiger partial charge in [-0.1, -0.05) is 55.5 Å². The SMILES string of the molecule is CCCc1nc(C(C)(C)O)c(C(N)=O)n1Cc1ccc(-c2ccc(-c3nnnn3CCNC)cc2)cc1. The molecule has 194 valence electrons. The van der Waals surface area contributed by atoms with Gasteiger partial charge in [0, 0.05) is 25.1 Å². The summed E-state index contributed by atoms with van der Waals surface area (Å²) in [4.78, 5) is 17.0. The average Bonchev–Trinajstić information content (AvgIpc) is 3.48. The molecule has 4 aromatic rings. The van der Waals surface area contributed by atoms with E-state index in [0.717, 1.165) is 46.9 Å². The van der Waals surface area contributed by atoms with Crippen LogP contribution in [-0.4, -0.2) is 54.4 Å². The molecule has 2 heterocycles. The lowest BCUT2D eigenvalue weighted by atomic mass is 10.0. The van der Waals surface area contributed by atoms with Gasteiger partial charge in [0.05, 0.1) is 6.54 Å². The van der Waals surface area contributed by atoms with E-state index in [1.807, 2.05) is 35.9 Å². The van der Waals surface area contributed by atoms with Crippen molar-refractivity contribution >= 4 is 5.91 Å². The third-order valence-corrected chi connectivity index (χ3v) is 6.21. The molecule has 2 aromatic heterocycles. The number of aryl methyl sites for hydroxylation is 1. The van der Waals surface area contributed by atoms with E-state index in [-0.39, 0.29) is 5.69 Å². The van der Waals surface area contributed by atoms with E-state index in [4.69, 9.17) is 5.73 Å². The van der Waals surface area contributed by atoms with Crippen LogP contribution in [0.25, 0.3) is 22.5 Å². The predicted molar refractivity (Wildman–Crippen MR) is 142 cm³/mol. The molecule has 0 saturated carbocycles. The number of aliphatic hydroxyl groups is 1. The number of nitrogens with zero attached hydrogens (tertiary/aromatic N) is 6. The number of amides is 1. The highest BCUT2D eigenvalue weighted by Crippen LogP contribution is 2.27. The fourth-order valence-electron chi connectivity index (χ4n) is 4.34. The zero-order chi connectivity index (χ0) is 26.6. The Balaban J connectivity index is 1.57. The first-order valence-corrected chi connectivity index (χ1v) is 12.5. The second-order valence-electron chi connectivity index (χ2n) is 9.59. The number of hydrogen-bond acceptors (Lipinski definition) is 7. The number of carbonyl (C=O) groups excluding carboxylic acids is 1. The molecule has 37 heavy (non-hydrogen) atoms. The van der Waals surface area contributed by atoms with E-state index in [2.05, 4.69) is 57.0 Å². The Morgan fingerprint density at radius 2 is 1.68 bits per heavy atom. The van der Waals surface area contributed by atoms with Gasteiger partial charge in [0.15, 0.2) is 5.82 Å². The quantitative estimate of drug-likeness (QED) is 0.287. The van der Waals surface area contributed by atoms with Gasteiger partial charge in [-0.3, -0.25) is 4.79 Å². The number of primary amides is 1. The Morgan fingerprint density at radius 3 is 2.24 bits per heavy atom. The zero-order valence-electron chi connectivity index (χ0n) is 21.8. The molecule has 4 rings (SSSR count).